The molecule has 0 spiro atoms. The standard InChI is InChI=1S/C20H14F3N7/c1-10(28-20-18-19(25-8-24-18)26-9-27-20)17-15-3-2-11(21)7-16(15)30(29-17)14-5-12(22)4-13(23)6-14/h2-10H,1H3,(H2,24,25,26,27,28)/t10-/m0/s1. The zero-order valence-corrected chi connectivity index (χ0v) is 15.6. The van der Waals surface area contributed by atoms with Crippen molar-refractivity contribution in [2.24, 2.45) is 0 Å². The Morgan fingerprint density at radius 1 is 0.967 bits per heavy atom. The van der Waals surface area contributed by atoms with Crippen LogP contribution in [0.15, 0.2) is 49.1 Å². The fourth-order valence-electron chi connectivity index (χ4n) is 3.44. The van der Waals surface area contributed by atoms with Crippen molar-refractivity contribution in [3.8, 4) is 5.69 Å². The van der Waals surface area contributed by atoms with E-state index < -0.39 is 17.5 Å². The predicted octanol–water partition coefficient (Wildman–Crippen LogP) is 4.28. The van der Waals surface area contributed by atoms with Gasteiger partial charge >= 0.3 is 0 Å². The number of halogens is 3. The van der Waals surface area contributed by atoms with E-state index in [2.05, 4.69) is 30.4 Å². The molecule has 0 amide bonds. The Bertz CT molecular complexity index is 1370. The summed E-state index contributed by atoms with van der Waals surface area (Å²) in [5.74, 6) is -1.46. The molecule has 1 atom stereocenters. The highest BCUT2D eigenvalue weighted by molar-refractivity contribution is 5.86. The first kappa shape index (κ1) is 18.1. The van der Waals surface area contributed by atoms with Crippen LogP contribution >= 0.6 is 0 Å². The highest BCUT2D eigenvalue weighted by Crippen LogP contribution is 2.30. The maximum atomic E-state index is 14.0. The number of H-pyrrole nitrogens is 1. The summed E-state index contributed by atoms with van der Waals surface area (Å²) in [5.41, 5.74) is 2.23. The normalized spacial score (nSPS) is 12.5. The van der Waals surface area contributed by atoms with Crippen molar-refractivity contribution in [1.29, 1.82) is 0 Å². The Hall–Kier alpha value is -3.95. The van der Waals surface area contributed by atoms with Crippen LogP contribution in [0.25, 0.3) is 27.8 Å². The smallest absolute Gasteiger partial charge is 0.182 e. The molecule has 10 heteroatoms. The van der Waals surface area contributed by atoms with Crippen LogP contribution < -0.4 is 5.32 Å². The van der Waals surface area contributed by atoms with E-state index in [4.69, 9.17) is 0 Å². The van der Waals surface area contributed by atoms with E-state index in [1.54, 1.807) is 6.07 Å². The largest absolute Gasteiger partial charge is 0.360 e. The summed E-state index contributed by atoms with van der Waals surface area (Å²) >= 11 is 0. The van der Waals surface area contributed by atoms with Crippen LogP contribution in [0.1, 0.15) is 18.7 Å². The Morgan fingerprint density at radius 3 is 2.57 bits per heavy atom. The Morgan fingerprint density at radius 2 is 1.77 bits per heavy atom. The lowest BCUT2D eigenvalue weighted by Crippen LogP contribution is -2.10. The first-order chi connectivity index (χ1) is 14.5. The number of benzene rings is 2. The Balaban J connectivity index is 1.63. The fraction of sp³-hybridized carbons (Fsp3) is 0.100. The van der Waals surface area contributed by atoms with E-state index in [1.165, 1.54) is 29.5 Å². The van der Waals surface area contributed by atoms with Crippen LogP contribution in [0, 0.1) is 17.5 Å². The SMILES string of the molecule is C[C@H](Nc1ncnc2nc[nH]c12)c1nn(-c2cc(F)cc(F)c2)c2cc(F)ccc12. The number of nitrogens with zero attached hydrogens (tertiary/aromatic N) is 5. The maximum absolute atomic E-state index is 14.0. The number of hydrogen-bond acceptors (Lipinski definition) is 5. The second-order valence-electron chi connectivity index (χ2n) is 6.78. The van der Waals surface area contributed by atoms with Gasteiger partial charge in [0.1, 0.15) is 29.3 Å². The van der Waals surface area contributed by atoms with E-state index in [0.717, 1.165) is 18.2 Å². The first-order valence-corrected chi connectivity index (χ1v) is 9.05. The van der Waals surface area contributed by atoms with Gasteiger partial charge in [0.15, 0.2) is 11.5 Å². The molecule has 5 rings (SSSR count). The molecule has 0 aliphatic carbocycles. The fourth-order valence-corrected chi connectivity index (χ4v) is 3.44. The average molecular weight is 409 g/mol. The van der Waals surface area contributed by atoms with Crippen LogP contribution in [0.5, 0.6) is 0 Å². The Labute approximate surface area is 167 Å². The van der Waals surface area contributed by atoms with Crippen LogP contribution in [-0.4, -0.2) is 29.7 Å². The second kappa shape index (κ2) is 6.83. The Kier molecular flexibility index (Phi) is 4.12. The van der Waals surface area contributed by atoms with Gasteiger partial charge in [0.25, 0.3) is 0 Å². The minimum absolute atomic E-state index is 0.152. The topological polar surface area (TPSA) is 84.3 Å². The van der Waals surface area contributed by atoms with E-state index in [-0.39, 0.29) is 11.7 Å². The highest BCUT2D eigenvalue weighted by atomic mass is 19.1. The molecule has 5 aromatic rings. The minimum atomic E-state index is -0.750. The lowest BCUT2D eigenvalue weighted by Gasteiger charge is -2.13. The monoisotopic (exact) mass is 409 g/mol. The number of aromatic nitrogens is 6. The number of nitrogens with one attached hydrogen (secondary N) is 2. The van der Waals surface area contributed by atoms with Gasteiger partial charge in [-0.2, -0.15) is 5.10 Å². The molecular formula is C20H14F3N7. The molecule has 0 unspecified atom stereocenters. The van der Waals surface area contributed by atoms with Gasteiger partial charge in [-0.3, -0.25) is 0 Å². The maximum Gasteiger partial charge on any atom is 0.182 e. The van der Waals surface area contributed by atoms with Crippen LogP contribution in [0.2, 0.25) is 0 Å². The van der Waals surface area contributed by atoms with Gasteiger partial charge in [0.2, 0.25) is 0 Å². The molecule has 0 radical (unpaired) electrons. The van der Waals surface area contributed by atoms with Crippen molar-refractivity contribution in [3.63, 3.8) is 0 Å². The van der Waals surface area contributed by atoms with Crippen molar-refractivity contribution in [1.82, 2.24) is 29.7 Å². The molecule has 30 heavy (non-hydrogen) atoms. The molecule has 2 N–H and O–H groups in total. The second-order valence-corrected chi connectivity index (χ2v) is 6.78. The summed E-state index contributed by atoms with van der Waals surface area (Å²) in [6.45, 7) is 1.85. The van der Waals surface area contributed by atoms with E-state index >= 15 is 0 Å². The molecular weight excluding hydrogens is 395 g/mol. The first-order valence-electron chi connectivity index (χ1n) is 9.05. The van der Waals surface area contributed by atoms with Gasteiger partial charge in [0.05, 0.1) is 29.3 Å². The number of imidazole rings is 1. The van der Waals surface area contributed by atoms with Gasteiger partial charge in [-0.1, -0.05) is 0 Å². The van der Waals surface area contributed by atoms with Crippen molar-refractivity contribution in [2.45, 2.75) is 13.0 Å². The molecule has 0 saturated carbocycles. The summed E-state index contributed by atoms with van der Waals surface area (Å²) in [4.78, 5) is 15.4. The van der Waals surface area contributed by atoms with Gasteiger partial charge in [0, 0.05) is 17.5 Å². The molecule has 0 bridgehead atoms. The van der Waals surface area contributed by atoms with Crippen LogP contribution in [0.3, 0.4) is 0 Å². The third kappa shape index (κ3) is 3.02. The number of rotatable bonds is 4. The predicted molar refractivity (Wildman–Crippen MR) is 105 cm³/mol. The zero-order chi connectivity index (χ0) is 20.8. The van der Waals surface area contributed by atoms with E-state index in [0.29, 0.717) is 33.6 Å². The third-order valence-corrected chi connectivity index (χ3v) is 4.75. The lowest BCUT2D eigenvalue weighted by atomic mass is 10.1. The molecule has 0 aliphatic rings. The summed E-state index contributed by atoms with van der Waals surface area (Å²) in [6.07, 6.45) is 2.90. The molecule has 2 aromatic carbocycles. The van der Waals surface area contributed by atoms with Gasteiger partial charge < -0.3 is 10.3 Å². The molecule has 3 heterocycles. The van der Waals surface area contributed by atoms with Crippen LogP contribution in [0.4, 0.5) is 19.0 Å². The number of fused-ring (bicyclic) bond motifs is 2. The van der Waals surface area contributed by atoms with Crippen molar-refractivity contribution < 1.29 is 13.2 Å². The van der Waals surface area contributed by atoms with E-state index in [1.807, 2.05) is 6.92 Å². The van der Waals surface area contributed by atoms with Crippen molar-refractivity contribution in [2.75, 3.05) is 5.32 Å². The van der Waals surface area contributed by atoms with Crippen molar-refractivity contribution in [3.05, 3.63) is 72.2 Å². The molecule has 0 saturated heterocycles. The summed E-state index contributed by atoms with van der Waals surface area (Å²) < 4.78 is 42.8. The molecule has 0 aliphatic heterocycles. The van der Waals surface area contributed by atoms with Gasteiger partial charge in [-0.25, -0.2) is 32.8 Å². The summed E-state index contributed by atoms with van der Waals surface area (Å²) in [5, 5.41) is 8.41. The van der Waals surface area contributed by atoms with E-state index in [9.17, 15) is 13.2 Å². The number of anilines is 1. The zero-order valence-electron chi connectivity index (χ0n) is 15.6. The highest BCUT2D eigenvalue weighted by Gasteiger charge is 2.20. The molecule has 0 fully saturated rings. The minimum Gasteiger partial charge on any atom is -0.360 e. The molecule has 7 nitrogen and oxygen atoms in total. The quantitative estimate of drug-likeness (QED) is 0.463. The lowest BCUT2D eigenvalue weighted by molar-refractivity contribution is 0.580. The van der Waals surface area contributed by atoms with Gasteiger partial charge in [-0.05, 0) is 31.2 Å². The molecule has 3 aromatic heterocycles. The van der Waals surface area contributed by atoms with Crippen LogP contribution in [-0.2, 0) is 0 Å². The number of aromatic amines is 1. The molecule has 150 valence electrons. The van der Waals surface area contributed by atoms with Crippen molar-refractivity contribution >= 4 is 27.9 Å². The summed E-state index contributed by atoms with van der Waals surface area (Å²) in [6, 6.07) is 6.85. The van der Waals surface area contributed by atoms with Gasteiger partial charge in [-0.15, -0.1) is 0 Å². The number of hydrogen-bond donors (Lipinski definition) is 2. The summed E-state index contributed by atoms with van der Waals surface area (Å²) in [7, 11) is 0. The average Bonchev–Trinajstić information content (AvgIpc) is 3.32. The third-order valence-electron chi connectivity index (χ3n) is 4.75.